The van der Waals surface area contributed by atoms with Gasteiger partial charge in [0.05, 0.1) is 17.6 Å². The number of unbranched alkanes of at least 4 members (excludes halogenated alkanes) is 13. The van der Waals surface area contributed by atoms with Crippen molar-refractivity contribution in [3.05, 3.63) is 52.5 Å². The van der Waals surface area contributed by atoms with Gasteiger partial charge in [-0.05, 0) is 25.0 Å². The Morgan fingerprint density at radius 1 is 0.821 bits per heavy atom. The van der Waals surface area contributed by atoms with Gasteiger partial charge < -0.3 is 14.2 Å². The molecule has 1 aromatic heterocycles. The second kappa shape index (κ2) is 23.0. The van der Waals surface area contributed by atoms with Crippen LogP contribution >= 0.6 is 11.3 Å². The number of carbonyl (C=O) groups is 1. The molecule has 0 N–H and O–H groups in total. The molecule has 0 saturated carbocycles. The van der Waals surface area contributed by atoms with Crippen LogP contribution in [-0.4, -0.2) is 38.5 Å². The fourth-order valence-electron chi connectivity index (χ4n) is 4.65. The first-order chi connectivity index (χ1) is 19.2. The van der Waals surface area contributed by atoms with E-state index in [1.807, 2.05) is 29.8 Å². The van der Waals surface area contributed by atoms with Crippen molar-refractivity contribution in [1.82, 2.24) is 0 Å². The number of ether oxygens (including phenoxy) is 3. The summed E-state index contributed by atoms with van der Waals surface area (Å²) in [5, 5.41) is 2.04. The summed E-state index contributed by atoms with van der Waals surface area (Å²) in [5.41, 5.74) is 3.70. The molecule has 0 spiro atoms. The third-order valence-corrected chi connectivity index (χ3v) is 7.63. The van der Waals surface area contributed by atoms with Crippen LogP contribution in [0.25, 0.3) is 0 Å². The molecule has 0 bridgehead atoms. The normalized spacial score (nSPS) is 12.1. The summed E-state index contributed by atoms with van der Waals surface area (Å²) in [6.45, 7) is 7.14. The largest absolute Gasteiger partial charge is 0.459 e. The van der Waals surface area contributed by atoms with Gasteiger partial charge in [-0.3, -0.25) is 0 Å². The van der Waals surface area contributed by atoms with Gasteiger partial charge in [0.25, 0.3) is 0 Å². The van der Waals surface area contributed by atoms with Gasteiger partial charge in [-0.15, -0.1) is 0 Å². The summed E-state index contributed by atoms with van der Waals surface area (Å²) in [7, 11) is 0. The second-order valence-corrected chi connectivity index (χ2v) is 11.4. The molecule has 2 rings (SSSR count). The molecule has 1 atom stereocenters. The Morgan fingerprint density at radius 2 is 1.49 bits per heavy atom. The molecule has 0 amide bonds. The van der Waals surface area contributed by atoms with Crippen LogP contribution in [0.3, 0.4) is 0 Å². The molecule has 0 aliphatic carbocycles. The standard InChI is InChI=1S/C33H54NO4S/c1-3-5-6-7-8-9-10-11-12-13-14-15-16-17-23-36-27-32(37-22-4-2)28-38-33(35)31-20-18-19-30(25-31)26-34-21-24-39-29-34/h18-21,24-25,29,32H,3-17,22-23,26-28H2,1-2H3/q+1. The number of esters is 1. The molecule has 0 radical (unpaired) electrons. The van der Waals surface area contributed by atoms with E-state index in [0.717, 1.165) is 31.6 Å². The Hall–Kier alpha value is -1.76. The van der Waals surface area contributed by atoms with Gasteiger partial charge in [-0.2, -0.15) is 4.57 Å². The van der Waals surface area contributed by atoms with E-state index in [1.165, 1.54) is 83.5 Å². The zero-order valence-corrected chi connectivity index (χ0v) is 25.6. The second-order valence-electron chi connectivity index (χ2n) is 10.7. The first-order valence-corrected chi connectivity index (χ1v) is 16.5. The molecule has 5 nitrogen and oxygen atoms in total. The van der Waals surface area contributed by atoms with Crippen molar-refractivity contribution in [2.75, 3.05) is 26.4 Å². The van der Waals surface area contributed by atoms with Gasteiger partial charge in [-0.1, -0.05) is 121 Å². The molecule has 39 heavy (non-hydrogen) atoms. The van der Waals surface area contributed by atoms with Gasteiger partial charge in [0.2, 0.25) is 5.51 Å². The van der Waals surface area contributed by atoms with Crippen molar-refractivity contribution in [3.8, 4) is 0 Å². The highest BCUT2D eigenvalue weighted by molar-refractivity contribution is 7.07. The van der Waals surface area contributed by atoms with Crippen LogP contribution in [-0.2, 0) is 20.8 Å². The maximum Gasteiger partial charge on any atom is 0.338 e. The van der Waals surface area contributed by atoms with E-state index in [-0.39, 0.29) is 18.7 Å². The van der Waals surface area contributed by atoms with E-state index in [1.54, 1.807) is 17.4 Å². The maximum absolute atomic E-state index is 12.7. The SMILES string of the molecule is CCCCCCCCCCCCCCCCOCC(COC(=O)c1cccc(C[n+]2ccsc2)c1)OCCC. The van der Waals surface area contributed by atoms with Gasteiger partial charge in [-0.25, -0.2) is 4.79 Å². The Morgan fingerprint density at radius 3 is 2.10 bits per heavy atom. The summed E-state index contributed by atoms with van der Waals surface area (Å²) in [6.07, 6.45) is 21.6. The number of benzene rings is 1. The first-order valence-electron chi connectivity index (χ1n) is 15.6. The van der Waals surface area contributed by atoms with Crippen molar-refractivity contribution in [1.29, 1.82) is 0 Å². The van der Waals surface area contributed by atoms with Crippen LogP contribution < -0.4 is 4.57 Å². The maximum atomic E-state index is 12.7. The molecule has 0 saturated heterocycles. The lowest BCUT2D eigenvalue weighted by molar-refractivity contribution is -0.683. The molecular formula is C33H54NO4S+. The lowest BCUT2D eigenvalue weighted by Crippen LogP contribution is -2.30. The zero-order valence-electron chi connectivity index (χ0n) is 24.7. The Balaban J connectivity index is 1.52. The van der Waals surface area contributed by atoms with E-state index in [9.17, 15) is 4.79 Å². The third kappa shape index (κ3) is 16.8. The monoisotopic (exact) mass is 560 g/mol. The lowest BCUT2D eigenvalue weighted by atomic mass is 10.0. The molecule has 6 heteroatoms. The smallest absolute Gasteiger partial charge is 0.338 e. The number of rotatable bonds is 25. The Bertz CT molecular complexity index is 842. The van der Waals surface area contributed by atoms with Gasteiger partial charge in [0, 0.05) is 18.8 Å². The highest BCUT2D eigenvalue weighted by Gasteiger charge is 2.15. The van der Waals surface area contributed by atoms with Gasteiger partial charge >= 0.3 is 5.97 Å². The van der Waals surface area contributed by atoms with E-state index < -0.39 is 0 Å². The molecule has 2 aromatic rings. The average Bonchev–Trinajstić information content (AvgIpc) is 3.46. The van der Waals surface area contributed by atoms with Crippen LogP contribution in [0.4, 0.5) is 0 Å². The topological polar surface area (TPSA) is 48.6 Å². The van der Waals surface area contributed by atoms with Crippen molar-refractivity contribution < 1.29 is 23.6 Å². The molecule has 1 heterocycles. The predicted octanol–water partition coefficient (Wildman–Crippen LogP) is 8.53. The highest BCUT2D eigenvalue weighted by Crippen LogP contribution is 2.13. The van der Waals surface area contributed by atoms with Gasteiger partial charge in [0.1, 0.15) is 12.7 Å². The van der Waals surface area contributed by atoms with Crippen LogP contribution in [0.1, 0.15) is 126 Å². The number of hydrogen-bond donors (Lipinski definition) is 0. The molecule has 0 aliphatic heterocycles. The van der Waals surface area contributed by atoms with E-state index in [4.69, 9.17) is 14.2 Å². The number of nitrogens with zero attached hydrogens (tertiary/aromatic N) is 1. The minimum atomic E-state index is -0.316. The molecule has 220 valence electrons. The van der Waals surface area contributed by atoms with Gasteiger partial charge in [0.15, 0.2) is 12.7 Å². The third-order valence-electron chi connectivity index (χ3n) is 6.96. The van der Waals surface area contributed by atoms with Crippen LogP contribution in [0.5, 0.6) is 0 Å². The average molecular weight is 561 g/mol. The Labute approximate surface area is 242 Å². The van der Waals surface area contributed by atoms with Crippen molar-refractivity contribution in [2.45, 2.75) is 123 Å². The minimum absolute atomic E-state index is 0.209. The van der Waals surface area contributed by atoms with Crippen LogP contribution in [0, 0.1) is 0 Å². The van der Waals surface area contributed by atoms with Crippen LogP contribution in [0.2, 0.25) is 0 Å². The van der Waals surface area contributed by atoms with Crippen molar-refractivity contribution in [2.24, 2.45) is 0 Å². The number of aromatic nitrogens is 1. The molecule has 1 unspecified atom stereocenters. The fourth-order valence-corrected chi connectivity index (χ4v) is 5.25. The lowest BCUT2D eigenvalue weighted by Gasteiger charge is -2.18. The summed E-state index contributed by atoms with van der Waals surface area (Å²) in [4.78, 5) is 12.7. The molecular weight excluding hydrogens is 506 g/mol. The number of thiazole rings is 1. The van der Waals surface area contributed by atoms with Crippen molar-refractivity contribution in [3.63, 3.8) is 0 Å². The summed E-state index contributed by atoms with van der Waals surface area (Å²) >= 11 is 1.65. The highest BCUT2D eigenvalue weighted by atomic mass is 32.1. The quantitative estimate of drug-likeness (QED) is 0.0693. The summed E-state index contributed by atoms with van der Waals surface area (Å²) in [5.74, 6) is -0.316. The predicted molar refractivity (Wildman–Crippen MR) is 162 cm³/mol. The fraction of sp³-hybridized carbons (Fsp3) is 0.697. The number of hydrogen-bond acceptors (Lipinski definition) is 5. The molecule has 0 aliphatic rings. The van der Waals surface area contributed by atoms with Crippen LogP contribution in [0.15, 0.2) is 41.4 Å². The molecule has 0 fully saturated rings. The zero-order chi connectivity index (χ0) is 27.8. The van der Waals surface area contributed by atoms with E-state index in [0.29, 0.717) is 18.8 Å². The molecule has 1 aromatic carbocycles. The first kappa shape index (κ1) is 33.4. The van der Waals surface area contributed by atoms with Crippen molar-refractivity contribution >= 4 is 17.3 Å². The summed E-state index contributed by atoms with van der Waals surface area (Å²) in [6, 6.07) is 7.64. The summed E-state index contributed by atoms with van der Waals surface area (Å²) < 4.78 is 19.5. The minimum Gasteiger partial charge on any atom is -0.459 e. The van der Waals surface area contributed by atoms with E-state index in [2.05, 4.69) is 23.9 Å². The van der Waals surface area contributed by atoms with E-state index >= 15 is 0 Å². The number of carbonyl (C=O) groups excluding carboxylic acids is 1. The Kier molecular flexibility index (Phi) is 19.7.